The van der Waals surface area contributed by atoms with E-state index in [2.05, 4.69) is 15.2 Å². The maximum atomic E-state index is 13.4. The highest BCUT2D eigenvalue weighted by molar-refractivity contribution is 7.91. The Bertz CT molecular complexity index is 1370. The van der Waals surface area contributed by atoms with E-state index < -0.39 is 15.3 Å². The minimum atomic E-state index is -3.65. The number of allylic oxidation sites excluding steroid dienone is 1. The summed E-state index contributed by atoms with van der Waals surface area (Å²) in [6.07, 6.45) is 7.35. The predicted molar refractivity (Wildman–Crippen MR) is 119 cm³/mol. The summed E-state index contributed by atoms with van der Waals surface area (Å²) in [6, 6.07) is 6.12. The molecule has 1 aromatic carbocycles. The van der Waals surface area contributed by atoms with Crippen molar-refractivity contribution in [1.82, 2.24) is 24.5 Å². The number of sulfone groups is 1. The van der Waals surface area contributed by atoms with Crippen molar-refractivity contribution in [3.8, 4) is 5.69 Å². The molecule has 1 saturated carbocycles. The summed E-state index contributed by atoms with van der Waals surface area (Å²) in [5.41, 5.74) is 2.83. The van der Waals surface area contributed by atoms with E-state index in [9.17, 15) is 17.6 Å². The van der Waals surface area contributed by atoms with Gasteiger partial charge >= 0.3 is 0 Å². The molecule has 0 saturated heterocycles. The van der Waals surface area contributed by atoms with Crippen LogP contribution >= 0.6 is 0 Å². The second-order valence-corrected chi connectivity index (χ2v) is 10.9. The Labute approximate surface area is 191 Å². The van der Waals surface area contributed by atoms with Crippen molar-refractivity contribution in [2.75, 3.05) is 5.75 Å². The minimum absolute atomic E-state index is 0.0343. The van der Waals surface area contributed by atoms with E-state index in [1.165, 1.54) is 23.1 Å². The molecule has 2 atom stereocenters. The maximum absolute atomic E-state index is 13.4. The molecule has 10 heteroatoms. The number of aromatic nitrogens is 5. The third-order valence-corrected chi connectivity index (χ3v) is 8.47. The molecule has 5 rings (SSSR count). The van der Waals surface area contributed by atoms with Crippen molar-refractivity contribution < 1.29 is 17.6 Å². The monoisotopic (exact) mass is 469 g/mol. The van der Waals surface area contributed by atoms with Gasteiger partial charge in [-0.25, -0.2) is 22.5 Å². The van der Waals surface area contributed by atoms with Gasteiger partial charge in [-0.2, -0.15) is 5.10 Å². The number of Topliss-reactive ketones (excluding diaryl/α,β-unsaturated/α-hetero) is 1. The summed E-state index contributed by atoms with van der Waals surface area (Å²) in [5.74, 6) is -0.537. The van der Waals surface area contributed by atoms with Crippen molar-refractivity contribution in [3.05, 3.63) is 59.4 Å². The molecule has 2 aromatic heterocycles. The number of rotatable bonds is 5. The normalized spacial score (nSPS) is 22.4. The van der Waals surface area contributed by atoms with Gasteiger partial charge in [0.15, 0.2) is 0 Å². The maximum Gasteiger partial charge on any atom is 0.266 e. The first-order valence-corrected chi connectivity index (χ1v) is 12.5. The standard InChI is InChI=1S/C23H24FN5O3S/c1-15(30)23-10-16(13-33(31,32)22-25-14-28(2)27-22)3-4-18(23)9-21-17(11-23)12-26-29(21)20-7-5-19(24)6-8-20/h5-9,12,14,16H,3-4,10-11,13H2,1-2H3/t16-,23-/m0/s1. The lowest BCUT2D eigenvalue weighted by Crippen LogP contribution is -2.42. The van der Waals surface area contributed by atoms with E-state index in [1.807, 2.05) is 6.08 Å². The van der Waals surface area contributed by atoms with E-state index in [-0.39, 0.29) is 28.4 Å². The number of benzene rings is 1. The first kappa shape index (κ1) is 21.7. The molecule has 0 radical (unpaired) electrons. The number of hydrogen-bond donors (Lipinski definition) is 0. The van der Waals surface area contributed by atoms with Crippen LogP contribution in [0.5, 0.6) is 0 Å². The number of nitrogens with zero attached hydrogens (tertiary/aromatic N) is 5. The average Bonchev–Trinajstić information content (AvgIpc) is 3.38. The van der Waals surface area contributed by atoms with Crippen LogP contribution in [0.15, 0.2) is 47.5 Å². The summed E-state index contributed by atoms with van der Waals surface area (Å²) in [5, 5.41) is 8.27. The van der Waals surface area contributed by atoms with Crippen LogP contribution in [0.1, 0.15) is 37.4 Å². The van der Waals surface area contributed by atoms with Gasteiger partial charge < -0.3 is 0 Å². The fraction of sp³-hybridized carbons (Fsp3) is 0.391. The molecule has 2 heterocycles. The topological polar surface area (TPSA) is 99.7 Å². The van der Waals surface area contributed by atoms with Gasteiger partial charge in [0, 0.05) is 7.05 Å². The van der Waals surface area contributed by atoms with Gasteiger partial charge in [-0.1, -0.05) is 5.57 Å². The van der Waals surface area contributed by atoms with Crippen molar-refractivity contribution >= 4 is 21.7 Å². The van der Waals surface area contributed by atoms with Crippen LogP contribution in [-0.2, 0) is 28.1 Å². The zero-order valence-electron chi connectivity index (χ0n) is 18.4. The number of ketones is 1. The van der Waals surface area contributed by atoms with Gasteiger partial charge in [-0.05, 0) is 74.4 Å². The second-order valence-electron chi connectivity index (χ2n) is 9.02. The van der Waals surface area contributed by atoms with Gasteiger partial charge in [0.25, 0.3) is 5.16 Å². The average molecular weight is 470 g/mol. The molecule has 172 valence electrons. The van der Waals surface area contributed by atoms with E-state index in [0.29, 0.717) is 25.7 Å². The highest BCUT2D eigenvalue weighted by Gasteiger charge is 2.47. The number of carbonyl (C=O) groups excluding carboxylic acids is 1. The van der Waals surface area contributed by atoms with Gasteiger partial charge in [0.2, 0.25) is 9.84 Å². The van der Waals surface area contributed by atoms with Crippen molar-refractivity contribution in [1.29, 1.82) is 0 Å². The molecule has 0 unspecified atom stereocenters. The van der Waals surface area contributed by atoms with E-state index in [0.717, 1.165) is 22.5 Å². The number of hydrogen-bond acceptors (Lipinski definition) is 6. The van der Waals surface area contributed by atoms with Crippen molar-refractivity contribution in [3.63, 3.8) is 0 Å². The minimum Gasteiger partial charge on any atom is -0.299 e. The lowest BCUT2D eigenvalue weighted by atomic mass is 9.60. The molecule has 0 bridgehead atoms. The summed E-state index contributed by atoms with van der Waals surface area (Å²) < 4.78 is 42.2. The van der Waals surface area contributed by atoms with E-state index >= 15 is 0 Å². The Morgan fingerprint density at radius 2 is 2.03 bits per heavy atom. The molecule has 1 fully saturated rings. The Morgan fingerprint density at radius 3 is 2.70 bits per heavy atom. The van der Waals surface area contributed by atoms with E-state index in [1.54, 1.807) is 37.0 Å². The van der Waals surface area contributed by atoms with Crippen LogP contribution in [0, 0.1) is 17.2 Å². The molecule has 0 N–H and O–H groups in total. The van der Waals surface area contributed by atoms with Crippen LogP contribution in [0.3, 0.4) is 0 Å². The van der Waals surface area contributed by atoms with Gasteiger partial charge in [0.1, 0.15) is 17.9 Å². The van der Waals surface area contributed by atoms with Crippen LogP contribution in [0.4, 0.5) is 4.39 Å². The highest BCUT2D eigenvalue weighted by atomic mass is 32.2. The first-order chi connectivity index (χ1) is 15.7. The molecular formula is C23H24FN5O3S. The Hall–Kier alpha value is -3.14. The first-order valence-electron chi connectivity index (χ1n) is 10.8. The fourth-order valence-corrected chi connectivity index (χ4v) is 6.68. The van der Waals surface area contributed by atoms with Crippen molar-refractivity contribution in [2.45, 2.75) is 37.8 Å². The lowest BCUT2D eigenvalue weighted by Gasteiger charge is -2.43. The fourth-order valence-electron chi connectivity index (χ4n) is 5.16. The zero-order chi connectivity index (χ0) is 23.4. The van der Waals surface area contributed by atoms with E-state index in [4.69, 9.17) is 0 Å². The van der Waals surface area contributed by atoms with Gasteiger partial charge in [-0.15, -0.1) is 5.10 Å². The van der Waals surface area contributed by atoms with Crippen LogP contribution in [-0.4, -0.2) is 44.5 Å². The van der Waals surface area contributed by atoms with Crippen LogP contribution in [0.25, 0.3) is 11.8 Å². The largest absolute Gasteiger partial charge is 0.299 e. The number of aryl methyl sites for hydroxylation is 1. The molecule has 2 aliphatic rings. The third-order valence-electron chi connectivity index (χ3n) is 6.82. The van der Waals surface area contributed by atoms with Gasteiger partial charge in [0.05, 0.1) is 28.7 Å². The Morgan fingerprint density at radius 1 is 1.27 bits per heavy atom. The quantitative estimate of drug-likeness (QED) is 0.570. The van der Waals surface area contributed by atoms with Crippen LogP contribution < -0.4 is 0 Å². The SMILES string of the molecule is CC(=O)[C@]12Cc3cnn(-c4ccc(F)cc4)c3C=C1CC[C@H](CS(=O)(=O)c1ncn(C)n1)C2. The summed E-state index contributed by atoms with van der Waals surface area (Å²) >= 11 is 0. The number of carbonyl (C=O) groups is 1. The molecule has 0 spiro atoms. The Balaban J connectivity index is 1.46. The zero-order valence-corrected chi connectivity index (χ0v) is 19.2. The molecule has 0 amide bonds. The number of halogens is 1. The molecule has 2 aliphatic carbocycles. The molecule has 3 aromatic rings. The molecule has 0 aliphatic heterocycles. The highest BCUT2D eigenvalue weighted by Crippen LogP contribution is 2.50. The lowest BCUT2D eigenvalue weighted by molar-refractivity contribution is -0.126. The van der Waals surface area contributed by atoms with Crippen molar-refractivity contribution in [2.24, 2.45) is 18.4 Å². The molecular weight excluding hydrogens is 445 g/mol. The van der Waals surface area contributed by atoms with Gasteiger partial charge in [-0.3, -0.25) is 9.48 Å². The second kappa shape index (κ2) is 7.72. The molecule has 33 heavy (non-hydrogen) atoms. The number of fused-ring (bicyclic) bond motifs is 2. The summed E-state index contributed by atoms with van der Waals surface area (Å²) in [4.78, 5) is 16.9. The van der Waals surface area contributed by atoms with Crippen LogP contribution in [0.2, 0.25) is 0 Å². The smallest absolute Gasteiger partial charge is 0.266 e. The Kier molecular flexibility index (Phi) is 5.08. The molecule has 8 nitrogen and oxygen atoms in total. The summed E-state index contributed by atoms with van der Waals surface area (Å²) in [7, 11) is -2.02. The third kappa shape index (κ3) is 3.72. The predicted octanol–water partition coefficient (Wildman–Crippen LogP) is 2.93. The summed E-state index contributed by atoms with van der Waals surface area (Å²) in [6.45, 7) is 1.58.